The Morgan fingerprint density at radius 2 is 1.94 bits per heavy atom. The third-order valence-corrected chi connectivity index (χ3v) is 3.95. The highest BCUT2D eigenvalue weighted by atomic mass is 15.3. The van der Waals surface area contributed by atoms with Crippen molar-refractivity contribution in [1.29, 1.82) is 0 Å². The maximum atomic E-state index is 3.58. The van der Waals surface area contributed by atoms with Gasteiger partial charge >= 0.3 is 0 Å². The molecule has 1 saturated heterocycles. The van der Waals surface area contributed by atoms with Crippen LogP contribution in [-0.2, 0) is 0 Å². The summed E-state index contributed by atoms with van der Waals surface area (Å²) in [7, 11) is 2.23. The van der Waals surface area contributed by atoms with Crippen LogP contribution >= 0.6 is 0 Å². The number of nitrogens with zero attached hydrogens (tertiary/aromatic N) is 2. The summed E-state index contributed by atoms with van der Waals surface area (Å²) in [5, 5.41) is 3.58. The SMILES string of the molecule is CC(C)CCNCC(C)N1CCN(C)C(C)C1. The molecule has 0 aromatic rings. The van der Waals surface area contributed by atoms with Crippen molar-refractivity contribution in [3.05, 3.63) is 0 Å². The van der Waals surface area contributed by atoms with E-state index in [2.05, 4.69) is 49.9 Å². The van der Waals surface area contributed by atoms with E-state index in [1.54, 1.807) is 0 Å². The van der Waals surface area contributed by atoms with E-state index in [9.17, 15) is 0 Å². The second-order valence-corrected chi connectivity index (χ2v) is 6.06. The van der Waals surface area contributed by atoms with Crippen molar-refractivity contribution in [1.82, 2.24) is 15.1 Å². The molecule has 3 heteroatoms. The minimum absolute atomic E-state index is 0.665. The Bertz CT molecular complexity index is 206. The van der Waals surface area contributed by atoms with Crippen LogP contribution in [0.3, 0.4) is 0 Å². The standard InChI is InChI=1S/C14H31N3/c1-12(2)6-7-15-10-13(3)17-9-8-16(5)14(4)11-17/h12-15H,6-11H2,1-5H3. The maximum Gasteiger partial charge on any atom is 0.0193 e. The third kappa shape index (κ3) is 5.36. The fourth-order valence-electron chi connectivity index (χ4n) is 2.31. The Kier molecular flexibility index (Phi) is 6.45. The minimum atomic E-state index is 0.665. The molecule has 1 aliphatic heterocycles. The number of rotatable bonds is 6. The predicted octanol–water partition coefficient (Wildman–Crippen LogP) is 1.65. The largest absolute Gasteiger partial charge is 0.315 e. The summed E-state index contributed by atoms with van der Waals surface area (Å²) < 4.78 is 0. The summed E-state index contributed by atoms with van der Waals surface area (Å²) in [6.45, 7) is 15.2. The molecule has 2 unspecified atom stereocenters. The molecule has 3 nitrogen and oxygen atoms in total. The Morgan fingerprint density at radius 3 is 2.53 bits per heavy atom. The molecular formula is C14H31N3. The molecule has 0 radical (unpaired) electrons. The Morgan fingerprint density at radius 1 is 1.24 bits per heavy atom. The van der Waals surface area contributed by atoms with Crippen LogP contribution in [0.15, 0.2) is 0 Å². The van der Waals surface area contributed by atoms with Crippen molar-refractivity contribution in [3.8, 4) is 0 Å². The zero-order valence-corrected chi connectivity index (χ0v) is 12.4. The lowest BCUT2D eigenvalue weighted by atomic mass is 10.1. The topological polar surface area (TPSA) is 18.5 Å². The van der Waals surface area contributed by atoms with Gasteiger partial charge in [-0.25, -0.2) is 0 Å². The van der Waals surface area contributed by atoms with Crippen LogP contribution in [0.4, 0.5) is 0 Å². The second-order valence-electron chi connectivity index (χ2n) is 6.06. The molecule has 0 amide bonds. The van der Waals surface area contributed by atoms with Crippen LogP contribution < -0.4 is 5.32 Å². The molecule has 1 rings (SSSR count). The summed E-state index contributed by atoms with van der Waals surface area (Å²) in [6.07, 6.45) is 1.28. The number of hydrogen-bond donors (Lipinski definition) is 1. The maximum absolute atomic E-state index is 3.58. The lowest BCUT2D eigenvalue weighted by Gasteiger charge is -2.40. The van der Waals surface area contributed by atoms with Crippen molar-refractivity contribution in [3.63, 3.8) is 0 Å². The van der Waals surface area contributed by atoms with Gasteiger partial charge in [0.05, 0.1) is 0 Å². The number of hydrogen-bond acceptors (Lipinski definition) is 3. The molecule has 1 heterocycles. The Balaban J connectivity index is 2.17. The van der Waals surface area contributed by atoms with E-state index in [0.29, 0.717) is 12.1 Å². The lowest BCUT2D eigenvalue weighted by molar-refractivity contribution is 0.0773. The van der Waals surface area contributed by atoms with Crippen molar-refractivity contribution < 1.29 is 0 Å². The van der Waals surface area contributed by atoms with Crippen LogP contribution in [0.2, 0.25) is 0 Å². The van der Waals surface area contributed by atoms with E-state index in [1.165, 1.54) is 26.1 Å². The van der Waals surface area contributed by atoms with Crippen LogP contribution in [0, 0.1) is 5.92 Å². The van der Waals surface area contributed by atoms with Gasteiger partial charge in [-0.05, 0) is 39.8 Å². The first kappa shape index (κ1) is 14.9. The van der Waals surface area contributed by atoms with Gasteiger partial charge in [0.25, 0.3) is 0 Å². The predicted molar refractivity (Wildman–Crippen MR) is 75.5 cm³/mol. The quantitative estimate of drug-likeness (QED) is 0.713. The molecule has 0 spiro atoms. The van der Waals surface area contributed by atoms with Gasteiger partial charge in [0.1, 0.15) is 0 Å². The Hall–Kier alpha value is -0.120. The van der Waals surface area contributed by atoms with Crippen LogP contribution in [0.5, 0.6) is 0 Å². The third-order valence-electron chi connectivity index (χ3n) is 3.95. The molecular weight excluding hydrogens is 210 g/mol. The molecule has 1 N–H and O–H groups in total. The zero-order chi connectivity index (χ0) is 12.8. The highest BCUT2D eigenvalue weighted by Crippen LogP contribution is 2.09. The van der Waals surface area contributed by atoms with E-state index in [1.807, 2.05) is 0 Å². The summed E-state index contributed by atoms with van der Waals surface area (Å²) in [4.78, 5) is 5.07. The van der Waals surface area contributed by atoms with Crippen LogP contribution in [0.1, 0.15) is 34.1 Å². The molecule has 0 bridgehead atoms. The molecule has 1 fully saturated rings. The summed E-state index contributed by atoms with van der Waals surface area (Å²) in [5.74, 6) is 0.807. The van der Waals surface area contributed by atoms with Crippen molar-refractivity contribution in [2.45, 2.75) is 46.2 Å². The normalized spacial score (nSPS) is 25.4. The number of likely N-dealkylation sites (N-methyl/N-ethyl adjacent to an activating group) is 1. The van der Waals surface area contributed by atoms with Crippen LogP contribution in [0.25, 0.3) is 0 Å². The lowest BCUT2D eigenvalue weighted by Crippen LogP contribution is -2.54. The van der Waals surface area contributed by atoms with Crippen LogP contribution in [-0.4, -0.2) is 61.7 Å². The fraction of sp³-hybridized carbons (Fsp3) is 1.00. The van der Waals surface area contributed by atoms with Gasteiger partial charge in [0, 0.05) is 38.3 Å². The van der Waals surface area contributed by atoms with Gasteiger partial charge in [0.15, 0.2) is 0 Å². The molecule has 17 heavy (non-hydrogen) atoms. The number of nitrogens with one attached hydrogen (secondary N) is 1. The smallest absolute Gasteiger partial charge is 0.0193 e. The van der Waals surface area contributed by atoms with Gasteiger partial charge in [0.2, 0.25) is 0 Å². The van der Waals surface area contributed by atoms with E-state index in [4.69, 9.17) is 0 Å². The van der Waals surface area contributed by atoms with E-state index in [-0.39, 0.29) is 0 Å². The minimum Gasteiger partial charge on any atom is -0.315 e. The van der Waals surface area contributed by atoms with Gasteiger partial charge < -0.3 is 10.2 Å². The average molecular weight is 241 g/mol. The van der Waals surface area contributed by atoms with Gasteiger partial charge in [-0.15, -0.1) is 0 Å². The highest BCUT2D eigenvalue weighted by Gasteiger charge is 2.23. The van der Waals surface area contributed by atoms with E-state index < -0.39 is 0 Å². The monoisotopic (exact) mass is 241 g/mol. The molecule has 102 valence electrons. The first-order valence-electron chi connectivity index (χ1n) is 7.15. The first-order valence-corrected chi connectivity index (χ1v) is 7.15. The van der Waals surface area contributed by atoms with Gasteiger partial charge in [-0.3, -0.25) is 4.90 Å². The molecule has 0 aliphatic carbocycles. The molecule has 0 aromatic carbocycles. The fourth-order valence-corrected chi connectivity index (χ4v) is 2.31. The second kappa shape index (κ2) is 7.34. The van der Waals surface area contributed by atoms with Gasteiger partial charge in [-0.2, -0.15) is 0 Å². The van der Waals surface area contributed by atoms with Gasteiger partial charge in [-0.1, -0.05) is 13.8 Å². The van der Waals surface area contributed by atoms with E-state index >= 15 is 0 Å². The average Bonchev–Trinajstić information content (AvgIpc) is 2.27. The Labute approximate surface area is 108 Å². The molecule has 1 aliphatic rings. The highest BCUT2D eigenvalue weighted by molar-refractivity contribution is 4.80. The number of piperazine rings is 1. The van der Waals surface area contributed by atoms with E-state index in [0.717, 1.165) is 19.0 Å². The molecule has 0 aromatic heterocycles. The van der Waals surface area contributed by atoms with Crippen molar-refractivity contribution in [2.75, 3.05) is 39.8 Å². The molecule has 0 saturated carbocycles. The molecule has 2 atom stereocenters. The first-order chi connectivity index (χ1) is 8.00. The zero-order valence-electron chi connectivity index (χ0n) is 12.4. The summed E-state index contributed by atoms with van der Waals surface area (Å²) >= 11 is 0. The summed E-state index contributed by atoms with van der Waals surface area (Å²) in [6, 6.07) is 1.36. The van der Waals surface area contributed by atoms with Crippen molar-refractivity contribution >= 4 is 0 Å². The van der Waals surface area contributed by atoms with Crippen molar-refractivity contribution in [2.24, 2.45) is 5.92 Å². The summed E-state index contributed by atoms with van der Waals surface area (Å²) in [5.41, 5.74) is 0.